The quantitative estimate of drug-likeness (QED) is 0.466. The molecule has 0 bridgehead atoms. The van der Waals surface area contributed by atoms with Crippen LogP contribution in [0, 0.1) is 5.92 Å². The number of ether oxygens (including phenoxy) is 1. The van der Waals surface area contributed by atoms with Crippen LogP contribution in [0.5, 0.6) is 0 Å². The predicted octanol–water partition coefficient (Wildman–Crippen LogP) is 0.581. The van der Waals surface area contributed by atoms with Gasteiger partial charge in [0.1, 0.15) is 18.3 Å². The summed E-state index contributed by atoms with van der Waals surface area (Å²) >= 11 is 0. The minimum absolute atomic E-state index is 0.101. The van der Waals surface area contributed by atoms with Crippen LogP contribution >= 0.6 is 0 Å². The summed E-state index contributed by atoms with van der Waals surface area (Å²) in [6, 6.07) is -0.619. The van der Waals surface area contributed by atoms with Crippen LogP contribution in [0.1, 0.15) is 52.4 Å². The van der Waals surface area contributed by atoms with Crippen molar-refractivity contribution in [1.29, 1.82) is 0 Å². The van der Waals surface area contributed by atoms with Crippen molar-refractivity contribution in [2.24, 2.45) is 5.92 Å². The van der Waals surface area contributed by atoms with Crippen LogP contribution in [0.3, 0.4) is 0 Å². The molecule has 0 aromatic heterocycles. The number of amides is 1. The van der Waals surface area contributed by atoms with Crippen molar-refractivity contribution in [3.05, 3.63) is 0 Å². The normalized spacial score (nSPS) is 28.8. The molecule has 0 unspecified atom stereocenters. The third-order valence-electron chi connectivity index (χ3n) is 4.09. The van der Waals surface area contributed by atoms with Gasteiger partial charge in [-0.15, -0.1) is 0 Å². The van der Waals surface area contributed by atoms with Crippen LogP contribution in [0.25, 0.3) is 0 Å². The summed E-state index contributed by atoms with van der Waals surface area (Å²) in [4.78, 5) is 11.8. The highest BCUT2D eigenvalue weighted by Gasteiger charge is 2.38. The Hall–Kier alpha value is -0.690. The molecule has 0 aliphatic carbocycles. The standard InChI is InChI=1S/C16H31NO5/c1-11(2)7-5-3-4-6-8-14(19)17-12-10-22-13(9-18)16(21)15(12)20/h11-13,15-16,18,20-21H,3-10H2,1-2H3,(H,17,19)/t12-,13-,15-,16-/m1/s1. The van der Waals surface area contributed by atoms with Gasteiger partial charge < -0.3 is 25.4 Å². The molecule has 1 aliphatic rings. The monoisotopic (exact) mass is 317 g/mol. The Balaban J connectivity index is 2.17. The summed E-state index contributed by atoms with van der Waals surface area (Å²) in [5, 5.41) is 31.4. The maximum atomic E-state index is 11.8. The first-order valence-corrected chi connectivity index (χ1v) is 8.33. The Bertz CT molecular complexity index is 324. The third kappa shape index (κ3) is 6.60. The van der Waals surface area contributed by atoms with E-state index in [4.69, 9.17) is 9.84 Å². The largest absolute Gasteiger partial charge is 0.394 e. The fourth-order valence-electron chi connectivity index (χ4n) is 2.64. The zero-order chi connectivity index (χ0) is 16.5. The van der Waals surface area contributed by atoms with E-state index in [-0.39, 0.29) is 19.1 Å². The zero-order valence-electron chi connectivity index (χ0n) is 13.7. The first kappa shape index (κ1) is 19.4. The van der Waals surface area contributed by atoms with Crippen LogP contribution in [-0.4, -0.2) is 58.8 Å². The number of carbonyl (C=O) groups excluding carboxylic acids is 1. The molecule has 0 spiro atoms. The predicted molar refractivity (Wildman–Crippen MR) is 83.3 cm³/mol. The molecule has 4 N–H and O–H groups in total. The Kier molecular flexibility index (Phi) is 8.93. The summed E-state index contributed by atoms with van der Waals surface area (Å²) in [6.07, 6.45) is 2.76. The van der Waals surface area contributed by atoms with E-state index < -0.39 is 24.4 Å². The summed E-state index contributed by atoms with van der Waals surface area (Å²) in [6.45, 7) is 4.17. The number of aliphatic hydroxyl groups excluding tert-OH is 3. The molecule has 6 heteroatoms. The Labute approximate surface area is 132 Å². The Morgan fingerprint density at radius 1 is 1.18 bits per heavy atom. The van der Waals surface area contributed by atoms with Crippen LogP contribution in [0.4, 0.5) is 0 Å². The molecule has 1 rings (SSSR count). The van der Waals surface area contributed by atoms with Crippen molar-refractivity contribution in [3.63, 3.8) is 0 Å². The highest BCUT2D eigenvalue weighted by Crippen LogP contribution is 2.16. The van der Waals surface area contributed by atoms with Gasteiger partial charge in [-0.2, -0.15) is 0 Å². The lowest BCUT2D eigenvalue weighted by atomic mass is 9.98. The van der Waals surface area contributed by atoms with Crippen molar-refractivity contribution in [2.75, 3.05) is 13.2 Å². The lowest BCUT2D eigenvalue weighted by molar-refractivity contribution is -0.164. The SMILES string of the molecule is CC(C)CCCCCCC(=O)N[C@@H]1CO[C@H](CO)[C@@H](O)[C@@H]1O. The third-order valence-corrected chi connectivity index (χ3v) is 4.09. The van der Waals surface area contributed by atoms with Crippen LogP contribution in [0.2, 0.25) is 0 Å². The van der Waals surface area contributed by atoms with Crippen LogP contribution in [0.15, 0.2) is 0 Å². The van der Waals surface area contributed by atoms with Gasteiger partial charge in [-0.25, -0.2) is 0 Å². The fourth-order valence-corrected chi connectivity index (χ4v) is 2.64. The average molecular weight is 317 g/mol. The molecule has 22 heavy (non-hydrogen) atoms. The molecule has 6 nitrogen and oxygen atoms in total. The number of aliphatic hydroxyl groups is 3. The number of carbonyl (C=O) groups is 1. The minimum Gasteiger partial charge on any atom is -0.394 e. The van der Waals surface area contributed by atoms with Gasteiger partial charge in [0, 0.05) is 6.42 Å². The van der Waals surface area contributed by atoms with Gasteiger partial charge >= 0.3 is 0 Å². The highest BCUT2D eigenvalue weighted by molar-refractivity contribution is 5.76. The summed E-state index contributed by atoms with van der Waals surface area (Å²) in [7, 11) is 0. The summed E-state index contributed by atoms with van der Waals surface area (Å²) in [5.41, 5.74) is 0. The van der Waals surface area contributed by atoms with Gasteiger partial charge in [-0.3, -0.25) is 4.79 Å². The van der Waals surface area contributed by atoms with E-state index >= 15 is 0 Å². The van der Waals surface area contributed by atoms with Crippen molar-refractivity contribution >= 4 is 5.91 Å². The van der Waals surface area contributed by atoms with Gasteiger partial charge in [0.25, 0.3) is 0 Å². The lowest BCUT2D eigenvalue weighted by Crippen LogP contribution is -2.59. The number of rotatable bonds is 9. The van der Waals surface area contributed by atoms with Crippen molar-refractivity contribution < 1.29 is 24.9 Å². The van der Waals surface area contributed by atoms with E-state index in [0.717, 1.165) is 25.2 Å². The van der Waals surface area contributed by atoms with E-state index in [1.807, 2.05) is 0 Å². The van der Waals surface area contributed by atoms with Crippen molar-refractivity contribution in [3.8, 4) is 0 Å². The van der Waals surface area contributed by atoms with Gasteiger partial charge in [0.2, 0.25) is 5.91 Å². The van der Waals surface area contributed by atoms with Crippen LogP contribution in [-0.2, 0) is 9.53 Å². The molecule has 1 fully saturated rings. The molecule has 1 amide bonds. The molecule has 0 radical (unpaired) electrons. The van der Waals surface area contributed by atoms with Crippen LogP contribution < -0.4 is 5.32 Å². The summed E-state index contributed by atoms with van der Waals surface area (Å²) < 4.78 is 5.23. The minimum atomic E-state index is -1.18. The van der Waals surface area contributed by atoms with E-state index in [9.17, 15) is 15.0 Å². The van der Waals surface area contributed by atoms with Gasteiger partial charge in [0.15, 0.2) is 0 Å². The number of hydrogen-bond acceptors (Lipinski definition) is 5. The fraction of sp³-hybridized carbons (Fsp3) is 0.938. The topological polar surface area (TPSA) is 99.0 Å². The first-order chi connectivity index (χ1) is 10.5. The second kappa shape index (κ2) is 10.2. The lowest BCUT2D eigenvalue weighted by Gasteiger charge is -2.37. The number of nitrogens with one attached hydrogen (secondary N) is 1. The van der Waals surface area contributed by atoms with E-state index in [2.05, 4.69) is 19.2 Å². The van der Waals surface area contributed by atoms with E-state index in [0.29, 0.717) is 6.42 Å². The Morgan fingerprint density at radius 3 is 2.50 bits per heavy atom. The molecule has 130 valence electrons. The smallest absolute Gasteiger partial charge is 0.220 e. The molecule has 1 aliphatic heterocycles. The molecule has 0 aromatic rings. The molecule has 1 heterocycles. The van der Waals surface area contributed by atoms with E-state index in [1.54, 1.807) is 0 Å². The summed E-state index contributed by atoms with van der Waals surface area (Å²) in [5.74, 6) is 0.594. The van der Waals surface area contributed by atoms with Crippen molar-refractivity contribution in [1.82, 2.24) is 5.32 Å². The zero-order valence-corrected chi connectivity index (χ0v) is 13.7. The maximum absolute atomic E-state index is 11.8. The highest BCUT2D eigenvalue weighted by atomic mass is 16.5. The molecule has 1 saturated heterocycles. The first-order valence-electron chi connectivity index (χ1n) is 8.33. The maximum Gasteiger partial charge on any atom is 0.220 e. The molecular weight excluding hydrogens is 286 g/mol. The van der Waals surface area contributed by atoms with Crippen molar-refractivity contribution in [2.45, 2.75) is 76.7 Å². The molecular formula is C16H31NO5. The molecule has 0 aromatic carbocycles. The molecule has 0 saturated carbocycles. The number of unbranched alkanes of at least 4 members (excludes halogenated alkanes) is 3. The van der Waals surface area contributed by atoms with Gasteiger partial charge in [-0.05, 0) is 12.3 Å². The molecule has 4 atom stereocenters. The van der Waals surface area contributed by atoms with Gasteiger partial charge in [-0.1, -0.05) is 39.5 Å². The second-order valence-electron chi connectivity index (χ2n) is 6.56. The average Bonchev–Trinajstić information content (AvgIpc) is 2.47. The second-order valence-corrected chi connectivity index (χ2v) is 6.56. The Morgan fingerprint density at radius 2 is 1.86 bits per heavy atom. The van der Waals surface area contributed by atoms with Gasteiger partial charge in [0.05, 0.1) is 19.3 Å². The van der Waals surface area contributed by atoms with E-state index in [1.165, 1.54) is 12.8 Å². The number of hydrogen-bond donors (Lipinski definition) is 4.